The third-order valence-corrected chi connectivity index (χ3v) is 6.51. The molecule has 1 N–H and O–H groups in total. The summed E-state index contributed by atoms with van der Waals surface area (Å²) in [6.07, 6.45) is 2.08. The summed E-state index contributed by atoms with van der Waals surface area (Å²) < 4.78 is 0. The van der Waals surface area contributed by atoms with E-state index in [0.29, 0.717) is 17.6 Å². The Labute approximate surface area is 145 Å². The number of thiocarbonyl (C=S) groups is 1. The van der Waals surface area contributed by atoms with Gasteiger partial charge >= 0.3 is 0 Å². The van der Waals surface area contributed by atoms with E-state index in [9.17, 15) is 4.79 Å². The van der Waals surface area contributed by atoms with Crippen LogP contribution in [0.4, 0.5) is 5.69 Å². The smallest absolute Gasteiger partial charge is 0.173 e. The van der Waals surface area contributed by atoms with Gasteiger partial charge in [-0.15, -0.1) is 0 Å². The van der Waals surface area contributed by atoms with Gasteiger partial charge in [0.05, 0.1) is 6.54 Å². The zero-order valence-electron chi connectivity index (χ0n) is 14.8. The summed E-state index contributed by atoms with van der Waals surface area (Å²) in [5, 5.41) is 3.77. The number of likely N-dealkylation sites (N-methyl/N-ethyl adjacent to an activating group) is 1. The number of ketones is 1. The topological polar surface area (TPSA) is 32.3 Å². The van der Waals surface area contributed by atoms with Crippen molar-refractivity contribution in [2.24, 2.45) is 16.7 Å². The monoisotopic (exact) mass is 332 g/mol. The Morgan fingerprint density at radius 2 is 1.91 bits per heavy atom. The van der Waals surface area contributed by atoms with E-state index in [-0.39, 0.29) is 16.6 Å². The normalized spacial score (nSPS) is 25.9. The van der Waals surface area contributed by atoms with Crippen LogP contribution >= 0.6 is 12.2 Å². The molecule has 1 fully saturated rings. The number of nitrogens with one attached hydrogen (secondary N) is 1. The number of benzene rings is 1. The van der Waals surface area contributed by atoms with Gasteiger partial charge < -0.3 is 10.2 Å². The van der Waals surface area contributed by atoms with Crippen molar-refractivity contribution < 1.29 is 4.79 Å². The fraction of sp³-hybridized carbons (Fsp3) is 0.579. The van der Waals surface area contributed by atoms with E-state index in [4.69, 9.17) is 12.2 Å². The molecule has 0 spiro atoms. The van der Waals surface area contributed by atoms with Crippen molar-refractivity contribution >= 4 is 28.8 Å². The second-order valence-corrected chi connectivity index (χ2v) is 7.96. The molecule has 1 aliphatic rings. The van der Waals surface area contributed by atoms with Gasteiger partial charge in [-0.1, -0.05) is 45.9 Å². The van der Waals surface area contributed by atoms with Crippen LogP contribution in [0.15, 0.2) is 30.3 Å². The van der Waals surface area contributed by atoms with Crippen molar-refractivity contribution in [3.05, 3.63) is 30.3 Å². The summed E-state index contributed by atoms with van der Waals surface area (Å²) in [5.41, 5.74) is 0.695. The minimum absolute atomic E-state index is 0.0272. The van der Waals surface area contributed by atoms with E-state index in [1.165, 1.54) is 0 Å². The van der Waals surface area contributed by atoms with E-state index in [1.807, 2.05) is 42.3 Å². The van der Waals surface area contributed by atoms with Crippen LogP contribution < -0.4 is 5.32 Å². The van der Waals surface area contributed by atoms with Crippen molar-refractivity contribution in [3.63, 3.8) is 0 Å². The second-order valence-electron chi connectivity index (χ2n) is 7.57. The number of anilines is 1. The lowest BCUT2D eigenvalue weighted by Crippen LogP contribution is -2.46. The third kappa shape index (κ3) is 3.42. The van der Waals surface area contributed by atoms with Gasteiger partial charge in [-0.25, -0.2) is 0 Å². The average molecular weight is 333 g/mol. The molecule has 0 amide bonds. The number of carbonyl (C=O) groups excluding carboxylic acids is 1. The highest BCUT2D eigenvalue weighted by atomic mass is 32.1. The first-order chi connectivity index (χ1) is 10.7. The van der Waals surface area contributed by atoms with Gasteiger partial charge in [-0.05, 0) is 48.5 Å². The number of hydrogen-bond acceptors (Lipinski definition) is 2. The molecule has 0 bridgehead atoms. The van der Waals surface area contributed by atoms with Crippen molar-refractivity contribution in [3.8, 4) is 0 Å². The predicted molar refractivity (Wildman–Crippen MR) is 101 cm³/mol. The lowest BCUT2D eigenvalue weighted by Gasteiger charge is -2.40. The molecular weight excluding hydrogens is 304 g/mol. The van der Waals surface area contributed by atoms with Crippen molar-refractivity contribution in [1.29, 1.82) is 0 Å². The molecule has 1 aromatic rings. The first kappa shape index (κ1) is 17.9. The first-order valence-electron chi connectivity index (χ1n) is 8.29. The van der Waals surface area contributed by atoms with Gasteiger partial charge in [-0.3, -0.25) is 4.79 Å². The maximum absolute atomic E-state index is 13.0. The summed E-state index contributed by atoms with van der Waals surface area (Å²) in [6.45, 7) is 9.18. The lowest BCUT2D eigenvalue weighted by atomic mass is 9.64. The predicted octanol–water partition coefficient (Wildman–Crippen LogP) is 4.35. The molecule has 3 nitrogen and oxygen atoms in total. The molecule has 23 heavy (non-hydrogen) atoms. The SMILES string of the molecule is C[C@H]1CC[C@@](C)(C(=O)CN(C)C(=S)Nc2ccccc2)C1(C)C. The minimum atomic E-state index is -0.275. The summed E-state index contributed by atoms with van der Waals surface area (Å²) in [5.74, 6) is 0.850. The summed E-state index contributed by atoms with van der Waals surface area (Å²) in [6, 6.07) is 9.81. The summed E-state index contributed by atoms with van der Waals surface area (Å²) in [7, 11) is 1.88. The number of carbonyl (C=O) groups is 1. The molecule has 1 aliphatic carbocycles. The Morgan fingerprint density at radius 1 is 1.30 bits per heavy atom. The fourth-order valence-corrected chi connectivity index (χ4v) is 3.62. The Balaban J connectivity index is 2.01. The van der Waals surface area contributed by atoms with Crippen LogP contribution in [-0.4, -0.2) is 29.4 Å². The van der Waals surface area contributed by atoms with Gasteiger partial charge in [0.2, 0.25) is 0 Å². The Hall–Kier alpha value is -1.42. The van der Waals surface area contributed by atoms with Gasteiger partial charge in [0, 0.05) is 18.2 Å². The van der Waals surface area contributed by atoms with Gasteiger partial charge in [0.1, 0.15) is 0 Å². The molecule has 4 heteroatoms. The van der Waals surface area contributed by atoms with Crippen molar-refractivity contribution in [2.45, 2.75) is 40.5 Å². The van der Waals surface area contributed by atoms with Gasteiger partial charge in [-0.2, -0.15) is 0 Å². The highest BCUT2D eigenvalue weighted by Gasteiger charge is 2.53. The van der Waals surface area contributed by atoms with E-state index in [0.717, 1.165) is 18.5 Å². The molecule has 0 unspecified atom stereocenters. The van der Waals surface area contributed by atoms with Crippen molar-refractivity contribution in [2.75, 3.05) is 18.9 Å². The maximum Gasteiger partial charge on any atom is 0.173 e. The van der Waals surface area contributed by atoms with Gasteiger partial charge in [0.15, 0.2) is 10.9 Å². The lowest BCUT2D eigenvalue weighted by molar-refractivity contribution is -0.133. The van der Waals surface area contributed by atoms with E-state index in [1.54, 1.807) is 0 Å². The molecule has 2 atom stereocenters. The van der Waals surface area contributed by atoms with Crippen LogP contribution in [0, 0.1) is 16.7 Å². The molecule has 2 rings (SSSR count). The standard InChI is InChI=1S/C19H28N2OS/c1-14-11-12-19(4,18(14,2)3)16(22)13-21(5)17(23)20-15-9-7-6-8-10-15/h6-10,14H,11-13H2,1-5H3,(H,20,23)/t14-,19-/m0/s1. The van der Waals surface area contributed by atoms with E-state index >= 15 is 0 Å². The number of Topliss-reactive ketones (excluding diaryl/α,β-unsaturated/α-hetero) is 1. The Bertz CT molecular complexity index is 584. The molecule has 1 saturated carbocycles. The molecule has 0 aromatic heterocycles. The zero-order valence-corrected chi connectivity index (χ0v) is 15.7. The van der Waals surface area contributed by atoms with Crippen LogP contribution in [0.2, 0.25) is 0 Å². The maximum atomic E-state index is 13.0. The summed E-state index contributed by atoms with van der Waals surface area (Å²) in [4.78, 5) is 14.8. The number of rotatable bonds is 4. The van der Waals surface area contributed by atoms with Crippen LogP contribution in [0.3, 0.4) is 0 Å². The summed E-state index contributed by atoms with van der Waals surface area (Å²) >= 11 is 5.43. The minimum Gasteiger partial charge on any atom is -0.345 e. The van der Waals surface area contributed by atoms with Crippen LogP contribution in [0.5, 0.6) is 0 Å². The highest BCUT2D eigenvalue weighted by Crippen LogP contribution is 2.56. The molecule has 0 radical (unpaired) electrons. The quantitative estimate of drug-likeness (QED) is 0.831. The first-order valence-corrected chi connectivity index (χ1v) is 8.70. The number of hydrogen-bond donors (Lipinski definition) is 1. The number of para-hydroxylation sites is 1. The molecule has 0 saturated heterocycles. The van der Waals surface area contributed by atoms with Crippen molar-refractivity contribution in [1.82, 2.24) is 4.90 Å². The molecule has 0 aliphatic heterocycles. The van der Waals surface area contributed by atoms with E-state index in [2.05, 4.69) is 33.0 Å². The number of nitrogens with zero attached hydrogens (tertiary/aromatic N) is 1. The molecule has 126 valence electrons. The average Bonchev–Trinajstić information content (AvgIpc) is 2.72. The van der Waals surface area contributed by atoms with Crippen LogP contribution in [0.1, 0.15) is 40.5 Å². The second kappa shape index (κ2) is 6.60. The molecule has 0 heterocycles. The third-order valence-electron chi connectivity index (χ3n) is 6.10. The Morgan fingerprint density at radius 3 is 2.43 bits per heavy atom. The van der Waals surface area contributed by atoms with Crippen LogP contribution in [0.25, 0.3) is 0 Å². The fourth-order valence-electron chi connectivity index (χ4n) is 3.43. The van der Waals surface area contributed by atoms with E-state index < -0.39 is 0 Å². The Kier molecular flexibility index (Phi) is 5.14. The molecule has 1 aromatic carbocycles. The van der Waals surface area contributed by atoms with Crippen LogP contribution in [-0.2, 0) is 4.79 Å². The molecular formula is C19H28N2OS. The van der Waals surface area contributed by atoms with Gasteiger partial charge in [0.25, 0.3) is 0 Å². The zero-order chi connectivity index (χ0) is 17.3. The largest absolute Gasteiger partial charge is 0.345 e. The highest BCUT2D eigenvalue weighted by molar-refractivity contribution is 7.80.